The van der Waals surface area contributed by atoms with Gasteiger partial charge in [-0.1, -0.05) is 37.4 Å². The Labute approximate surface area is 67.6 Å². The maximum absolute atomic E-state index is 5.15. The van der Waals surface area contributed by atoms with E-state index in [0.717, 1.165) is 24.1 Å². The molecule has 0 aromatic carbocycles. The number of allylic oxidation sites excluding steroid dienone is 4. The van der Waals surface area contributed by atoms with Gasteiger partial charge in [-0.05, 0) is 18.4 Å². The lowest BCUT2D eigenvalue weighted by atomic mass is 10.0. The topological polar surface area (TPSA) is 0 Å². The van der Waals surface area contributed by atoms with E-state index in [1.54, 1.807) is 0 Å². The molecule has 0 nitrogen and oxygen atoms in total. The second kappa shape index (κ2) is 3.67. The van der Waals surface area contributed by atoms with E-state index in [-0.39, 0.29) is 0 Å². The summed E-state index contributed by atoms with van der Waals surface area (Å²) in [5.41, 5.74) is 1.30. The standard InChI is InChI=1S/C9H11S/c1-2-5-8-6-3-4-7-9(8)10/h3-4,6H,1-2,5,7H2. The zero-order chi connectivity index (χ0) is 7.40. The summed E-state index contributed by atoms with van der Waals surface area (Å²) >= 11 is 5.15. The van der Waals surface area contributed by atoms with Gasteiger partial charge in [0.05, 0.1) is 0 Å². The molecule has 1 aliphatic carbocycles. The molecule has 10 heavy (non-hydrogen) atoms. The zero-order valence-corrected chi connectivity index (χ0v) is 6.79. The molecule has 1 rings (SSSR count). The lowest BCUT2D eigenvalue weighted by molar-refractivity contribution is 1.01. The van der Waals surface area contributed by atoms with Gasteiger partial charge in [-0.15, -0.1) is 0 Å². The summed E-state index contributed by atoms with van der Waals surface area (Å²) in [5.74, 6) is 0. The summed E-state index contributed by atoms with van der Waals surface area (Å²) in [6, 6.07) is 0. The van der Waals surface area contributed by atoms with Crippen molar-refractivity contribution < 1.29 is 0 Å². The third kappa shape index (κ3) is 1.77. The van der Waals surface area contributed by atoms with Crippen LogP contribution in [0.5, 0.6) is 0 Å². The van der Waals surface area contributed by atoms with Crippen LogP contribution in [0, 0.1) is 6.92 Å². The molecule has 0 atom stereocenters. The first-order chi connectivity index (χ1) is 4.84. The summed E-state index contributed by atoms with van der Waals surface area (Å²) < 4.78 is 0. The van der Waals surface area contributed by atoms with Crippen molar-refractivity contribution in [3.05, 3.63) is 30.7 Å². The van der Waals surface area contributed by atoms with Crippen LogP contribution in [0.3, 0.4) is 0 Å². The van der Waals surface area contributed by atoms with Crippen LogP contribution in [-0.2, 0) is 0 Å². The highest BCUT2D eigenvalue weighted by molar-refractivity contribution is 7.80. The molecule has 0 aromatic rings. The van der Waals surface area contributed by atoms with Gasteiger partial charge in [-0.3, -0.25) is 0 Å². The zero-order valence-electron chi connectivity index (χ0n) is 5.97. The van der Waals surface area contributed by atoms with Crippen molar-refractivity contribution >= 4 is 17.1 Å². The van der Waals surface area contributed by atoms with Gasteiger partial charge in [0.1, 0.15) is 0 Å². The van der Waals surface area contributed by atoms with E-state index < -0.39 is 0 Å². The van der Waals surface area contributed by atoms with Crippen LogP contribution in [0.15, 0.2) is 23.8 Å². The van der Waals surface area contributed by atoms with Gasteiger partial charge < -0.3 is 0 Å². The van der Waals surface area contributed by atoms with Gasteiger partial charge in [0.25, 0.3) is 0 Å². The smallest absolute Gasteiger partial charge is 0.0221 e. The molecule has 53 valence electrons. The Bertz CT molecular complexity index is 187. The van der Waals surface area contributed by atoms with E-state index in [1.807, 2.05) is 0 Å². The lowest BCUT2D eigenvalue weighted by Gasteiger charge is -2.07. The minimum atomic E-state index is 0.944. The second-order valence-corrected chi connectivity index (χ2v) is 2.84. The Morgan fingerprint density at radius 1 is 1.60 bits per heavy atom. The summed E-state index contributed by atoms with van der Waals surface area (Å²) in [6.45, 7) is 3.79. The molecule has 0 fully saturated rings. The lowest BCUT2D eigenvalue weighted by Crippen LogP contribution is -2.00. The van der Waals surface area contributed by atoms with Crippen LogP contribution in [-0.4, -0.2) is 4.86 Å². The van der Waals surface area contributed by atoms with Gasteiger partial charge in [-0.25, -0.2) is 0 Å². The fourth-order valence-electron chi connectivity index (χ4n) is 0.997. The Morgan fingerprint density at radius 2 is 2.40 bits per heavy atom. The van der Waals surface area contributed by atoms with Crippen molar-refractivity contribution in [2.45, 2.75) is 19.3 Å². The maximum atomic E-state index is 5.15. The summed E-state index contributed by atoms with van der Waals surface area (Å²) in [4.78, 5) is 1.09. The van der Waals surface area contributed by atoms with Gasteiger partial charge >= 0.3 is 0 Å². The molecular weight excluding hydrogens is 140 g/mol. The van der Waals surface area contributed by atoms with Crippen molar-refractivity contribution in [2.75, 3.05) is 0 Å². The highest BCUT2D eigenvalue weighted by Gasteiger charge is 2.03. The van der Waals surface area contributed by atoms with Crippen LogP contribution < -0.4 is 0 Å². The summed E-state index contributed by atoms with van der Waals surface area (Å²) in [5, 5.41) is 0. The Kier molecular flexibility index (Phi) is 2.82. The van der Waals surface area contributed by atoms with Gasteiger partial charge in [-0.2, -0.15) is 0 Å². The number of hydrogen-bond acceptors (Lipinski definition) is 1. The van der Waals surface area contributed by atoms with Gasteiger partial charge in [0, 0.05) is 11.3 Å². The third-order valence-electron chi connectivity index (χ3n) is 1.54. The monoisotopic (exact) mass is 151 g/mol. The van der Waals surface area contributed by atoms with Crippen LogP contribution in [0.1, 0.15) is 19.3 Å². The Balaban J connectivity index is 2.61. The Morgan fingerprint density at radius 3 is 3.00 bits per heavy atom. The molecule has 0 N–H and O–H groups in total. The predicted molar refractivity (Wildman–Crippen MR) is 49.0 cm³/mol. The van der Waals surface area contributed by atoms with E-state index in [1.165, 1.54) is 5.57 Å². The maximum Gasteiger partial charge on any atom is 0.0221 e. The number of hydrogen-bond donors (Lipinski definition) is 0. The molecule has 0 spiro atoms. The largest absolute Gasteiger partial charge is 0.0843 e. The molecule has 0 saturated carbocycles. The van der Waals surface area contributed by atoms with Crippen molar-refractivity contribution in [1.29, 1.82) is 0 Å². The molecule has 0 amide bonds. The molecule has 0 aromatic heterocycles. The fourth-order valence-corrected chi connectivity index (χ4v) is 1.26. The average molecular weight is 151 g/mol. The molecule has 1 radical (unpaired) electrons. The van der Waals surface area contributed by atoms with Crippen molar-refractivity contribution in [3.8, 4) is 0 Å². The van der Waals surface area contributed by atoms with Gasteiger partial charge in [0.2, 0.25) is 0 Å². The molecule has 0 unspecified atom stereocenters. The van der Waals surface area contributed by atoms with Crippen molar-refractivity contribution in [1.82, 2.24) is 0 Å². The highest BCUT2D eigenvalue weighted by Crippen LogP contribution is 2.14. The first kappa shape index (κ1) is 7.67. The third-order valence-corrected chi connectivity index (χ3v) is 1.97. The van der Waals surface area contributed by atoms with E-state index in [0.29, 0.717) is 0 Å². The highest BCUT2D eigenvalue weighted by atomic mass is 32.1. The summed E-state index contributed by atoms with van der Waals surface area (Å²) in [6.07, 6.45) is 9.18. The van der Waals surface area contributed by atoms with Crippen molar-refractivity contribution in [2.24, 2.45) is 0 Å². The summed E-state index contributed by atoms with van der Waals surface area (Å²) in [7, 11) is 0. The first-order valence-corrected chi connectivity index (χ1v) is 3.93. The normalized spacial score (nSPS) is 17.3. The molecule has 1 heteroatoms. The van der Waals surface area contributed by atoms with Crippen LogP contribution >= 0.6 is 12.2 Å². The number of rotatable bonds is 2. The Hall–Kier alpha value is -0.430. The van der Waals surface area contributed by atoms with E-state index in [4.69, 9.17) is 12.2 Å². The van der Waals surface area contributed by atoms with Crippen molar-refractivity contribution in [3.63, 3.8) is 0 Å². The van der Waals surface area contributed by atoms with Crippen LogP contribution in [0.2, 0.25) is 0 Å². The van der Waals surface area contributed by atoms with Crippen LogP contribution in [0.4, 0.5) is 0 Å². The average Bonchev–Trinajstić information content (AvgIpc) is 1.94. The van der Waals surface area contributed by atoms with E-state index in [2.05, 4.69) is 25.2 Å². The number of thiocarbonyl (C=S) groups is 1. The SMILES string of the molecule is [CH2]CCC1=CC=CCC1=S. The predicted octanol–water partition coefficient (Wildman–Crippen LogP) is 2.86. The molecular formula is C9H11S. The molecule has 0 heterocycles. The van der Waals surface area contributed by atoms with Crippen LogP contribution in [0.25, 0.3) is 0 Å². The minimum Gasteiger partial charge on any atom is -0.0843 e. The molecule has 0 bridgehead atoms. The second-order valence-electron chi connectivity index (χ2n) is 2.35. The molecule has 0 saturated heterocycles. The molecule has 1 aliphatic rings. The molecule has 0 aliphatic heterocycles. The van der Waals surface area contributed by atoms with Gasteiger partial charge in [0.15, 0.2) is 0 Å². The van der Waals surface area contributed by atoms with E-state index >= 15 is 0 Å². The fraction of sp³-hybridized carbons (Fsp3) is 0.333. The first-order valence-electron chi connectivity index (χ1n) is 3.52. The quantitative estimate of drug-likeness (QED) is 0.547. The van der Waals surface area contributed by atoms with E-state index in [9.17, 15) is 0 Å². The minimum absolute atomic E-state index is 0.944.